The summed E-state index contributed by atoms with van der Waals surface area (Å²) in [4.78, 5) is 64.1. The molecular weight excluding hydrogens is 909 g/mol. The van der Waals surface area contributed by atoms with Crippen LogP contribution in [0.5, 0.6) is 0 Å². The van der Waals surface area contributed by atoms with Crippen molar-refractivity contribution < 1.29 is 19.2 Å². The molecule has 354 valence electrons. The van der Waals surface area contributed by atoms with Crippen LogP contribution in [-0.4, -0.2) is 79.6 Å². The molecule has 0 bridgehead atoms. The van der Waals surface area contributed by atoms with Crippen LogP contribution in [0.25, 0.3) is 44.2 Å². The molecule has 0 spiro atoms. The number of fused-ring (bicyclic) bond motifs is 3. The van der Waals surface area contributed by atoms with Crippen LogP contribution < -0.4 is 0 Å². The molecule has 2 atom stereocenters. The Morgan fingerprint density at radius 1 is 0.522 bits per heavy atom. The molecule has 4 amide bonds. The summed E-state index contributed by atoms with van der Waals surface area (Å²) >= 11 is 14.2. The minimum atomic E-state index is -0.347. The summed E-state index contributed by atoms with van der Waals surface area (Å²) in [5, 5.41) is 0.527. The molecule has 1 aliphatic carbocycles. The minimum Gasteiger partial charge on any atom is -0.285 e. The third-order valence-electron chi connectivity index (χ3n) is 14.2. The second-order valence-corrected chi connectivity index (χ2v) is 21.1. The number of nitrogens with zero attached hydrogens (tertiary/aromatic N) is 4. The third kappa shape index (κ3) is 9.70. The van der Waals surface area contributed by atoms with Gasteiger partial charge in [0.15, 0.2) is 10.2 Å². The molecule has 2 fully saturated rings. The maximum atomic E-state index is 13.6. The lowest BCUT2D eigenvalue weighted by molar-refractivity contribution is -0.135. The standard InChI is InChI=1S/C55H66N4O4S4/c1-9-17-19-35(11-3)33-55(34-36(12-4)20-18-10-2)45-29-37(47-27-23-39(66-47)31-43-49(60)56(13-5)53(64)57(14-6)50(43)61)21-25-41(45)42-26-22-38(30-46(42)55)48-28-24-40(67-48)32-44-51(62)58(15-7)54(65)59(16-8)52(44)63/h21-32,35-36H,9-20,33-34H2,1-8H3. The normalized spacial score (nSPS) is 16.9. The van der Waals surface area contributed by atoms with Crippen molar-refractivity contribution in [1.29, 1.82) is 0 Å². The number of hydrogen-bond donors (Lipinski definition) is 0. The summed E-state index contributed by atoms with van der Waals surface area (Å²) in [6.45, 7) is 18.4. The second-order valence-electron chi connectivity index (χ2n) is 18.1. The zero-order valence-corrected chi connectivity index (χ0v) is 43.8. The fourth-order valence-electron chi connectivity index (χ4n) is 10.4. The molecule has 7 rings (SSSR count). The number of hydrogen-bond acceptors (Lipinski definition) is 8. The molecular formula is C55H66N4O4S4. The quantitative estimate of drug-likeness (QED) is 0.0499. The zero-order chi connectivity index (χ0) is 48.2. The predicted octanol–water partition coefficient (Wildman–Crippen LogP) is 13.4. The Bertz CT molecular complexity index is 2390. The number of amides is 4. The summed E-state index contributed by atoms with van der Waals surface area (Å²) in [5.41, 5.74) is 7.68. The second kappa shape index (κ2) is 21.8. The zero-order valence-electron chi connectivity index (χ0n) is 40.5. The van der Waals surface area contributed by atoms with Gasteiger partial charge in [0.25, 0.3) is 23.6 Å². The van der Waals surface area contributed by atoms with E-state index in [0.29, 0.717) is 38.0 Å². The Balaban J connectivity index is 1.34. The van der Waals surface area contributed by atoms with E-state index in [1.165, 1.54) is 80.4 Å². The topological polar surface area (TPSA) is 81.2 Å². The van der Waals surface area contributed by atoms with E-state index in [-0.39, 0.29) is 50.4 Å². The summed E-state index contributed by atoms with van der Waals surface area (Å²) in [6, 6.07) is 22.3. The van der Waals surface area contributed by atoms with Crippen LogP contribution in [0.1, 0.15) is 140 Å². The number of rotatable bonds is 20. The van der Waals surface area contributed by atoms with Gasteiger partial charge in [0.1, 0.15) is 11.1 Å². The molecule has 2 aliphatic heterocycles. The van der Waals surface area contributed by atoms with Gasteiger partial charge in [-0.2, -0.15) is 0 Å². The van der Waals surface area contributed by atoms with Crippen molar-refractivity contribution in [2.45, 2.75) is 125 Å². The average Bonchev–Trinajstić information content (AvgIpc) is 4.07. The van der Waals surface area contributed by atoms with E-state index in [1.807, 2.05) is 39.8 Å². The smallest absolute Gasteiger partial charge is 0.265 e. The van der Waals surface area contributed by atoms with Crippen LogP contribution in [-0.2, 0) is 24.6 Å². The Morgan fingerprint density at radius 2 is 0.881 bits per heavy atom. The Hall–Kier alpha value is -4.62. The number of carbonyl (C=O) groups excluding carboxylic acids is 4. The largest absolute Gasteiger partial charge is 0.285 e. The van der Waals surface area contributed by atoms with Crippen molar-refractivity contribution in [3.63, 3.8) is 0 Å². The maximum absolute atomic E-state index is 13.6. The Morgan fingerprint density at radius 3 is 1.19 bits per heavy atom. The van der Waals surface area contributed by atoms with E-state index in [1.54, 1.807) is 34.8 Å². The van der Waals surface area contributed by atoms with Gasteiger partial charge in [-0.3, -0.25) is 38.8 Å². The third-order valence-corrected chi connectivity index (χ3v) is 17.3. The highest BCUT2D eigenvalue weighted by atomic mass is 32.1. The average molecular weight is 975 g/mol. The van der Waals surface area contributed by atoms with Crippen molar-refractivity contribution in [2.24, 2.45) is 11.8 Å². The summed E-state index contributed by atoms with van der Waals surface area (Å²) in [7, 11) is 0. The lowest BCUT2D eigenvalue weighted by Crippen LogP contribution is -2.55. The summed E-state index contributed by atoms with van der Waals surface area (Å²) in [6.07, 6.45) is 15.0. The van der Waals surface area contributed by atoms with Gasteiger partial charge in [0.2, 0.25) is 0 Å². The van der Waals surface area contributed by atoms with E-state index in [4.69, 9.17) is 24.4 Å². The molecule has 4 heterocycles. The minimum absolute atomic E-state index is 0.140. The molecule has 4 aromatic rings. The maximum Gasteiger partial charge on any atom is 0.265 e. The molecule has 2 unspecified atom stereocenters. The lowest BCUT2D eigenvalue weighted by atomic mass is 9.65. The van der Waals surface area contributed by atoms with Gasteiger partial charge in [-0.15, -0.1) is 22.7 Å². The fraction of sp³-hybridized carbons (Fsp3) is 0.455. The molecule has 2 aromatic carbocycles. The van der Waals surface area contributed by atoms with Gasteiger partial charge in [0, 0.05) is 51.1 Å². The Kier molecular flexibility index (Phi) is 16.3. The van der Waals surface area contributed by atoms with Crippen LogP contribution in [0, 0.1) is 11.8 Å². The first-order valence-corrected chi connectivity index (χ1v) is 27.1. The van der Waals surface area contributed by atoms with E-state index < -0.39 is 0 Å². The fourth-order valence-corrected chi connectivity index (χ4v) is 13.2. The summed E-state index contributed by atoms with van der Waals surface area (Å²) < 4.78 is 0. The number of thiocarbonyl (C=S) groups is 2. The van der Waals surface area contributed by atoms with E-state index >= 15 is 0 Å². The van der Waals surface area contributed by atoms with Crippen LogP contribution in [0.4, 0.5) is 0 Å². The SMILES string of the molecule is CCCCC(CC)CC1(CC(CC)CCCC)c2cc(-c3ccc(C=C4C(=O)N(CC)C(=S)N(CC)C4=O)s3)ccc2-c2ccc(-c3ccc(C=C4C(=O)N(CC)C(=S)N(CC)C4=O)s3)cc21. The number of likely N-dealkylation sites (N-methyl/N-ethyl adjacent to an activating group) is 4. The molecule has 0 radical (unpaired) electrons. The van der Waals surface area contributed by atoms with Crippen molar-refractivity contribution in [2.75, 3.05) is 26.2 Å². The molecule has 0 saturated carbocycles. The van der Waals surface area contributed by atoms with Crippen LogP contribution in [0.3, 0.4) is 0 Å². The predicted molar refractivity (Wildman–Crippen MR) is 286 cm³/mol. The Labute approximate surface area is 417 Å². The van der Waals surface area contributed by atoms with E-state index in [0.717, 1.165) is 56.3 Å². The van der Waals surface area contributed by atoms with E-state index in [9.17, 15) is 19.2 Å². The molecule has 0 N–H and O–H groups in total. The monoisotopic (exact) mass is 974 g/mol. The highest BCUT2D eigenvalue weighted by Gasteiger charge is 2.46. The molecule has 8 nitrogen and oxygen atoms in total. The van der Waals surface area contributed by atoms with Crippen molar-refractivity contribution in [3.05, 3.63) is 92.7 Å². The molecule has 12 heteroatoms. The van der Waals surface area contributed by atoms with Crippen molar-refractivity contribution >= 4 is 93.1 Å². The first-order valence-electron chi connectivity index (χ1n) is 24.6. The van der Waals surface area contributed by atoms with Gasteiger partial charge >= 0.3 is 0 Å². The van der Waals surface area contributed by atoms with E-state index in [2.05, 4.69) is 76.2 Å². The van der Waals surface area contributed by atoms with Gasteiger partial charge in [-0.05, 0) is 159 Å². The van der Waals surface area contributed by atoms with Gasteiger partial charge < -0.3 is 0 Å². The first kappa shape index (κ1) is 50.3. The van der Waals surface area contributed by atoms with Gasteiger partial charge in [0.05, 0.1) is 0 Å². The molecule has 3 aliphatic rings. The van der Waals surface area contributed by atoms with Crippen LogP contribution in [0.15, 0.2) is 71.8 Å². The highest BCUT2D eigenvalue weighted by Crippen LogP contribution is 2.58. The number of unbranched alkanes of at least 4 members (excludes halogenated alkanes) is 2. The van der Waals surface area contributed by atoms with Gasteiger partial charge in [-0.1, -0.05) is 103 Å². The van der Waals surface area contributed by atoms with Crippen molar-refractivity contribution in [3.8, 4) is 32.0 Å². The van der Waals surface area contributed by atoms with Crippen molar-refractivity contribution in [1.82, 2.24) is 19.6 Å². The molecule has 2 saturated heterocycles. The van der Waals surface area contributed by atoms with Crippen LogP contribution in [0.2, 0.25) is 0 Å². The number of benzene rings is 2. The van der Waals surface area contributed by atoms with Gasteiger partial charge in [-0.25, -0.2) is 0 Å². The number of carbonyl (C=O) groups is 4. The highest BCUT2D eigenvalue weighted by molar-refractivity contribution is 7.80. The molecule has 2 aromatic heterocycles. The molecule has 67 heavy (non-hydrogen) atoms. The number of thiophene rings is 2. The first-order chi connectivity index (χ1) is 32.3. The summed E-state index contributed by atoms with van der Waals surface area (Å²) in [5.74, 6) is -0.299. The lowest BCUT2D eigenvalue weighted by Gasteiger charge is -2.39. The van der Waals surface area contributed by atoms with Crippen LogP contribution >= 0.6 is 47.1 Å².